The molecule has 0 bridgehead atoms. The van der Waals surface area contributed by atoms with Gasteiger partial charge in [-0.25, -0.2) is 0 Å². The number of halogens is 1. The molecule has 1 nitrogen and oxygen atoms in total. The van der Waals surface area contributed by atoms with E-state index in [2.05, 4.69) is 26.8 Å². The lowest BCUT2D eigenvalue weighted by Gasteiger charge is -2.15. The number of hydrogen-bond donors (Lipinski definition) is 1. The molecule has 0 aliphatic rings. The summed E-state index contributed by atoms with van der Waals surface area (Å²) in [6, 6.07) is 6.33. The minimum Gasteiger partial charge on any atom is -0.327 e. The summed E-state index contributed by atoms with van der Waals surface area (Å²) >= 11 is 8.16. The number of nitrogens with two attached hydrogens (primary N) is 1. The highest BCUT2D eigenvalue weighted by atomic mass is 35.5. The molecular weight excluding hydrogens is 250 g/mol. The van der Waals surface area contributed by atoms with Gasteiger partial charge in [0.25, 0.3) is 0 Å². The minimum absolute atomic E-state index is 0.202. The van der Waals surface area contributed by atoms with Crippen LogP contribution in [0.3, 0.4) is 0 Å². The molecule has 0 radical (unpaired) electrons. The minimum atomic E-state index is 0.202. The maximum atomic E-state index is 6.28. The van der Waals surface area contributed by atoms with Crippen LogP contribution in [0.15, 0.2) is 23.1 Å². The Morgan fingerprint density at radius 1 is 1.35 bits per heavy atom. The zero-order valence-electron chi connectivity index (χ0n) is 10.9. The predicted molar refractivity (Wildman–Crippen MR) is 79.0 cm³/mol. The van der Waals surface area contributed by atoms with E-state index in [0.29, 0.717) is 5.92 Å². The molecule has 96 valence electrons. The van der Waals surface area contributed by atoms with Crippen LogP contribution in [0.2, 0.25) is 5.02 Å². The third-order valence-corrected chi connectivity index (χ3v) is 4.52. The average Bonchev–Trinajstić information content (AvgIpc) is 2.29. The maximum Gasteiger partial charge on any atom is 0.0449 e. The zero-order chi connectivity index (χ0) is 12.8. The van der Waals surface area contributed by atoms with Crippen molar-refractivity contribution in [2.45, 2.75) is 44.6 Å². The van der Waals surface area contributed by atoms with E-state index in [1.807, 2.05) is 23.9 Å². The molecule has 2 N–H and O–H groups in total. The first-order valence-electron chi connectivity index (χ1n) is 6.20. The number of rotatable bonds is 6. The van der Waals surface area contributed by atoms with E-state index in [1.54, 1.807) is 0 Å². The van der Waals surface area contributed by atoms with E-state index in [4.69, 9.17) is 17.3 Å². The van der Waals surface area contributed by atoms with Crippen LogP contribution in [0.1, 0.15) is 32.8 Å². The van der Waals surface area contributed by atoms with Crippen LogP contribution in [0, 0.1) is 5.92 Å². The second kappa shape index (κ2) is 7.30. The summed E-state index contributed by atoms with van der Waals surface area (Å²) in [5.41, 5.74) is 7.25. The van der Waals surface area contributed by atoms with E-state index in [1.165, 1.54) is 10.5 Å². The van der Waals surface area contributed by atoms with Crippen molar-refractivity contribution < 1.29 is 0 Å². The van der Waals surface area contributed by atoms with Crippen LogP contribution < -0.4 is 5.73 Å². The summed E-state index contributed by atoms with van der Waals surface area (Å²) in [6.07, 6.45) is 1.86. The van der Waals surface area contributed by atoms with Crippen LogP contribution in [0.4, 0.5) is 0 Å². The lowest BCUT2D eigenvalue weighted by atomic mass is 10.0. The Bertz CT molecular complexity index is 352. The summed E-state index contributed by atoms with van der Waals surface area (Å²) in [7, 11) is 0. The Morgan fingerprint density at radius 3 is 2.65 bits per heavy atom. The fraction of sp³-hybridized carbons (Fsp3) is 0.571. The third-order valence-electron chi connectivity index (χ3n) is 2.64. The Balaban J connectivity index is 2.84. The van der Waals surface area contributed by atoms with Crippen LogP contribution >= 0.6 is 23.4 Å². The van der Waals surface area contributed by atoms with Crippen LogP contribution in [0.25, 0.3) is 0 Å². The largest absolute Gasteiger partial charge is 0.327 e. The Morgan fingerprint density at radius 2 is 2.06 bits per heavy atom. The van der Waals surface area contributed by atoms with Gasteiger partial charge in [-0.3, -0.25) is 0 Å². The van der Waals surface area contributed by atoms with Crippen LogP contribution in [0.5, 0.6) is 0 Å². The summed E-state index contributed by atoms with van der Waals surface area (Å²) in [5.74, 6) is 1.81. The fourth-order valence-corrected chi connectivity index (χ4v) is 2.90. The van der Waals surface area contributed by atoms with Gasteiger partial charge in [0.1, 0.15) is 0 Å². The highest BCUT2D eigenvalue weighted by Crippen LogP contribution is 2.30. The summed E-state index contributed by atoms with van der Waals surface area (Å²) in [6.45, 7) is 6.58. The molecule has 0 aromatic heterocycles. The first kappa shape index (κ1) is 14.9. The summed E-state index contributed by atoms with van der Waals surface area (Å²) in [4.78, 5) is 1.29. The topological polar surface area (TPSA) is 26.0 Å². The Hall–Kier alpha value is -0.180. The molecule has 0 aliphatic carbocycles. The molecule has 0 saturated carbocycles. The SMILES string of the molecule is CCC(N)Cc1c(Cl)cccc1SCC(C)C. The molecule has 0 amide bonds. The molecule has 0 heterocycles. The lowest BCUT2D eigenvalue weighted by Crippen LogP contribution is -2.22. The monoisotopic (exact) mass is 271 g/mol. The van der Waals surface area contributed by atoms with Gasteiger partial charge in [0.05, 0.1) is 0 Å². The molecule has 0 fully saturated rings. The predicted octanol–water partition coefficient (Wildman–Crippen LogP) is 4.37. The molecule has 1 atom stereocenters. The molecule has 1 aromatic carbocycles. The molecule has 0 spiro atoms. The van der Waals surface area contributed by atoms with E-state index >= 15 is 0 Å². The highest BCUT2D eigenvalue weighted by Gasteiger charge is 2.11. The van der Waals surface area contributed by atoms with Crippen molar-refractivity contribution in [3.8, 4) is 0 Å². The molecule has 1 aromatic rings. The molecule has 0 saturated heterocycles. The molecule has 1 unspecified atom stereocenters. The highest BCUT2D eigenvalue weighted by molar-refractivity contribution is 7.99. The lowest BCUT2D eigenvalue weighted by molar-refractivity contribution is 0.641. The van der Waals surface area contributed by atoms with Crippen LogP contribution in [-0.2, 0) is 6.42 Å². The molecule has 3 heteroatoms. The summed E-state index contributed by atoms with van der Waals surface area (Å²) < 4.78 is 0. The van der Waals surface area contributed by atoms with E-state index in [9.17, 15) is 0 Å². The van der Waals surface area contributed by atoms with Crippen molar-refractivity contribution in [2.24, 2.45) is 11.7 Å². The van der Waals surface area contributed by atoms with Crippen molar-refractivity contribution in [3.05, 3.63) is 28.8 Å². The van der Waals surface area contributed by atoms with E-state index in [-0.39, 0.29) is 6.04 Å². The average molecular weight is 272 g/mol. The van der Waals surface area contributed by atoms with Crippen molar-refractivity contribution in [3.63, 3.8) is 0 Å². The Labute approximate surface area is 114 Å². The standard InChI is InChI=1S/C14H22ClNS/c1-4-11(16)8-12-13(15)6-5-7-14(12)17-9-10(2)3/h5-7,10-11H,4,8-9,16H2,1-3H3. The molecule has 1 rings (SSSR count). The normalized spacial score (nSPS) is 13.1. The fourth-order valence-electron chi connectivity index (χ4n) is 1.54. The number of thioether (sulfide) groups is 1. The van der Waals surface area contributed by atoms with Gasteiger partial charge < -0.3 is 5.73 Å². The molecular formula is C14H22ClNS. The quantitative estimate of drug-likeness (QED) is 0.778. The first-order valence-corrected chi connectivity index (χ1v) is 7.56. The summed E-state index contributed by atoms with van der Waals surface area (Å²) in [5, 5.41) is 0.850. The smallest absolute Gasteiger partial charge is 0.0449 e. The van der Waals surface area contributed by atoms with Crippen molar-refractivity contribution in [1.29, 1.82) is 0 Å². The van der Waals surface area contributed by atoms with Gasteiger partial charge in [-0.15, -0.1) is 11.8 Å². The molecule has 17 heavy (non-hydrogen) atoms. The van der Waals surface area contributed by atoms with E-state index < -0.39 is 0 Å². The molecule has 0 aliphatic heterocycles. The van der Waals surface area contributed by atoms with Gasteiger partial charge in [0, 0.05) is 21.7 Å². The number of hydrogen-bond acceptors (Lipinski definition) is 2. The van der Waals surface area contributed by atoms with Gasteiger partial charge in [-0.2, -0.15) is 0 Å². The zero-order valence-corrected chi connectivity index (χ0v) is 12.4. The van der Waals surface area contributed by atoms with E-state index in [0.717, 1.165) is 23.6 Å². The first-order chi connectivity index (χ1) is 8.04. The van der Waals surface area contributed by atoms with Gasteiger partial charge >= 0.3 is 0 Å². The van der Waals surface area contributed by atoms with Gasteiger partial charge in [-0.05, 0) is 36.5 Å². The van der Waals surface area contributed by atoms with Crippen LogP contribution in [-0.4, -0.2) is 11.8 Å². The maximum absolute atomic E-state index is 6.28. The number of benzene rings is 1. The van der Waals surface area contributed by atoms with Crippen molar-refractivity contribution >= 4 is 23.4 Å². The Kier molecular flexibility index (Phi) is 6.39. The second-order valence-electron chi connectivity index (χ2n) is 4.79. The van der Waals surface area contributed by atoms with Gasteiger partial charge in [-0.1, -0.05) is 38.4 Å². The van der Waals surface area contributed by atoms with Gasteiger partial charge in [0.2, 0.25) is 0 Å². The third kappa shape index (κ3) is 4.90. The second-order valence-corrected chi connectivity index (χ2v) is 6.26. The van der Waals surface area contributed by atoms with Gasteiger partial charge in [0.15, 0.2) is 0 Å². The van der Waals surface area contributed by atoms with Crippen molar-refractivity contribution in [1.82, 2.24) is 0 Å². The van der Waals surface area contributed by atoms with Crippen molar-refractivity contribution in [2.75, 3.05) is 5.75 Å².